The summed E-state index contributed by atoms with van der Waals surface area (Å²) in [5.41, 5.74) is 3.12. The summed E-state index contributed by atoms with van der Waals surface area (Å²) in [5, 5.41) is 10.7. The zero-order valence-electron chi connectivity index (χ0n) is 15.0. The van der Waals surface area contributed by atoms with Gasteiger partial charge >= 0.3 is 0 Å². The summed E-state index contributed by atoms with van der Waals surface area (Å²) in [4.78, 5) is 21.7. The Morgan fingerprint density at radius 1 is 1.23 bits per heavy atom. The van der Waals surface area contributed by atoms with Gasteiger partial charge in [-0.3, -0.25) is 4.79 Å². The highest BCUT2D eigenvalue weighted by Crippen LogP contribution is 2.22. The van der Waals surface area contributed by atoms with Crippen molar-refractivity contribution in [2.45, 2.75) is 25.8 Å². The predicted octanol–water partition coefficient (Wildman–Crippen LogP) is 2.40. The molecule has 0 saturated carbocycles. The molecule has 1 aliphatic heterocycles. The summed E-state index contributed by atoms with van der Waals surface area (Å²) < 4.78 is 0. The molecule has 134 valence electrons. The van der Waals surface area contributed by atoms with E-state index in [-0.39, 0.29) is 11.9 Å². The second-order valence-corrected chi connectivity index (χ2v) is 6.82. The molecule has 26 heavy (non-hydrogen) atoms. The molecule has 1 aromatic carbocycles. The van der Waals surface area contributed by atoms with Crippen molar-refractivity contribution in [1.82, 2.24) is 25.3 Å². The molecule has 1 N–H and O–H groups in total. The van der Waals surface area contributed by atoms with Crippen molar-refractivity contribution >= 4 is 22.8 Å². The lowest BCUT2D eigenvalue weighted by atomic mass is 10.0. The Morgan fingerprint density at radius 3 is 2.92 bits per heavy atom. The maximum Gasteiger partial charge on any atom is 0.253 e. The number of piperidine rings is 1. The Morgan fingerprint density at radius 2 is 2.08 bits per heavy atom. The van der Waals surface area contributed by atoms with Gasteiger partial charge in [0.25, 0.3) is 5.91 Å². The summed E-state index contributed by atoms with van der Waals surface area (Å²) in [6.07, 6.45) is 2.04. The lowest BCUT2D eigenvalue weighted by molar-refractivity contribution is 0.0717. The number of H-pyrrole nitrogens is 1. The first-order chi connectivity index (χ1) is 12.6. The van der Waals surface area contributed by atoms with Crippen LogP contribution in [0.2, 0.25) is 0 Å². The third kappa shape index (κ3) is 3.12. The van der Waals surface area contributed by atoms with Gasteiger partial charge in [-0.05, 0) is 50.1 Å². The number of carbonyl (C=O) groups is 1. The van der Waals surface area contributed by atoms with Gasteiger partial charge in [0.15, 0.2) is 0 Å². The van der Waals surface area contributed by atoms with Gasteiger partial charge in [0.05, 0.1) is 0 Å². The van der Waals surface area contributed by atoms with Crippen molar-refractivity contribution in [3.63, 3.8) is 0 Å². The maximum atomic E-state index is 12.9. The highest BCUT2D eigenvalue weighted by Gasteiger charge is 2.27. The largest absolute Gasteiger partial charge is 0.355 e. The average molecular weight is 350 g/mol. The Kier molecular flexibility index (Phi) is 4.28. The number of nitrogens with one attached hydrogen (secondary N) is 1. The molecular weight excluding hydrogens is 328 g/mol. The number of rotatable bonds is 3. The molecule has 0 bridgehead atoms. The molecule has 0 radical (unpaired) electrons. The van der Waals surface area contributed by atoms with Gasteiger partial charge in [0, 0.05) is 37.4 Å². The summed E-state index contributed by atoms with van der Waals surface area (Å²) in [7, 11) is 1.88. The van der Waals surface area contributed by atoms with Crippen LogP contribution in [0.3, 0.4) is 0 Å². The Labute approximate surface area is 152 Å². The lowest BCUT2D eigenvalue weighted by Crippen LogP contribution is -2.48. The van der Waals surface area contributed by atoms with E-state index >= 15 is 0 Å². The van der Waals surface area contributed by atoms with Crippen molar-refractivity contribution in [2.24, 2.45) is 0 Å². The molecule has 1 saturated heterocycles. The van der Waals surface area contributed by atoms with E-state index in [1.54, 1.807) is 6.07 Å². The molecule has 0 spiro atoms. The minimum atomic E-state index is 0.0129. The third-order valence-electron chi connectivity index (χ3n) is 5.03. The zero-order chi connectivity index (χ0) is 18.1. The van der Waals surface area contributed by atoms with E-state index in [1.807, 2.05) is 49.2 Å². The molecule has 7 nitrogen and oxygen atoms in total. The number of hydrogen-bond acceptors (Lipinski definition) is 5. The van der Waals surface area contributed by atoms with Crippen LogP contribution in [0.25, 0.3) is 11.0 Å². The Balaban J connectivity index is 1.51. The standard InChI is InChI=1S/C19H22N6O/c1-13-5-3-7-18(20-13)25-10-4-6-15(12-25)24(2)19(26)14-8-9-16-17(11-14)22-23-21-16/h3,5,7-9,11,15H,4,6,10,12H2,1-2H3,(H,21,22,23)/t15-/m1/s1. The fourth-order valence-corrected chi connectivity index (χ4v) is 3.53. The van der Waals surface area contributed by atoms with Crippen LogP contribution in [0.1, 0.15) is 28.9 Å². The molecule has 3 heterocycles. The van der Waals surface area contributed by atoms with Crippen LogP contribution in [0.5, 0.6) is 0 Å². The van der Waals surface area contributed by atoms with Crippen LogP contribution in [-0.4, -0.2) is 57.4 Å². The summed E-state index contributed by atoms with van der Waals surface area (Å²) in [5.74, 6) is 0.999. The summed E-state index contributed by atoms with van der Waals surface area (Å²) in [6.45, 7) is 3.77. The highest BCUT2D eigenvalue weighted by atomic mass is 16.2. The number of benzene rings is 1. The first-order valence-electron chi connectivity index (χ1n) is 8.88. The maximum absolute atomic E-state index is 12.9. The molecule has 3 aromatic rings. The Hall–Kier alpha value is -2.96. The van der Waals surface area contributed by atoms with Gasteiger partial charge < -0.3 is 9.80 Å². The first kappa shape index (κ1) is 16.5. The third-order valence-corrected chi connectivity index (χ3v) is 5.03. The molecule has 1 fully saturated rings. The predicted molar refractivity (Wildman–Crippen MR) is 100 cm³/mol. The van der Waals surface area contributed by atoms with E-state index in [9.17, 15) is 4.79 Å². The normalized spacial score (nSPS) is 17.5. The van der Waals surface area contributed by atoms with E-state index in [0.717, 1.165) is 43.0 Å². The van der Waals surface area contributed by atoms with E-state index < -0.39 is 0 Å². The molecular formula is C19H22N6O. The number of aromatic amines is 1. The molecule has 1 atom stereocenters. The van der Waals surface area contributed by atoms with Crippen LogP contribution in [0.15, 0.2) is 36.4 Å². The fourth-order valence-electron chi connectivity index (χ4n) is 3.53. The molecule has 1 aliphatic rings. The number of aromatic nitrogens is 4. The minimum Gasteiger partial charge on any atom is -0.355 e. The second kappa shape index (κ2) is 6.74. The van der Waals surface area contributed by atoms with Crippen molar-refractivity contribution in [2.75, 3.05) is 25.0 Å². The number of aryl methyl sites for hydroxylation is 1. The number of likely N-dealkylation sites (N-methyl/N-ethyl adjacent to an activating group) is 1. The topological polar surface area (TPSA) is 78.0 Å². The van der Waals surface area contributed by atoms with E-state index in [4.69, 9.17) is 0 Å². The number of amides is 1. The van der Waals surface area contributed by atoms with E-state index in [1.165, 1.54) is 0 Å². The lowest BCUT2D eigenvalue weighted by Gasteiger charge is -2.38. The van der Waals surface area contributed by atoms with Gasteiger partial charge in [-0.2, -0.15) is 15.4 Å². The van der Waals surface area contributed by atoms with Crippen molar-refractivity contribution < 1.29 is 4.79 Å². The van der Waals surface area contributed by atoms with Gasteiger partial charge in [0.2, 0.25) is 0 Å². The van der Waals surface area contributed by atoms with Crippen LogP contribution in [0, 0.1) is 6.92 Å². The summed E-state index contributed by atoms with van der Waals surface area (Å²) >= 11 is 0. The zero-order valence-corrected chi connectivity index (χ0v) is 15.0. The van der Waals surface area contributed by atoms with Crippen molar-refractivity contribution in [1.29, 1.82) is 0 Å². The number of hydrogen-bond donors (Lipinski definition) is 1. The molecule has 4 rings (SSSR count). The number of pyridine rings is 1. The first-order valence-corrected chi connectivity index (χ1v) is 8.88. The van der Waals surface area contributed by atoms with E-state index in [2.05, 4.69) is 25.3 Å². The smallest absolute Gasteiger partial charge is 0.253 e. The molecule has 2 aromatic heterocycles. The van der Waals surface area contributed by atoms with Gasteiger partial charge in [-0.1, -0.05) is 6.07 Å². The monoisotopic (exact) mass is 350 g/mol. The molecule has 1 amide bonds. The molecule has 0 unspecified atom stereocenters. The van der Waals surface area contributed by atoms with E-state index in [0.29, 0.717) is 11.1 Å². The number of anilines is 1. The molecule has 7 heteroatoms. The van der Waals surface area contributed by atoms with Gasteiger partial charge in [-0.25, -0.2) is 4.98 Å². The van der Waals surface area contributed by atoms with Crippen LogP contribution in [-0.2, 0) is 0 Å². The van der Waals surface area contributed by atoms with Crippen LogP contribution in [0.4, 0.5) is 5.82 Å². The second-order valence-electron chi connectivity index (χ2n) is 6.82. The fraction of sp³-hybridized carbons (Fsp3) is 0.368. The van der Waals surface area contributed by atoms with Crippen LogP contribution < -0.4 is 4.90 Å². The molecule has 0 aliphatic carbocycles. The number of fused-ring (bicyclic) bond motifs is 1. The Bertz CT molecular complexity index is 936. The SMILES string of the molecule is Cc1cccc(N2CCC[C@@H](N(C)C(=O)c3ccc4n[nH]nc4c3)C2)n1. The summed E-state index contributed by atoms with van der Waals surface area (Å²) in [6, 6.07) is 11.7. The van der Waals surface area contributed by atoms with Crippen molar-refractivity contribution in [3.05, 3.63) is 47.7 Å². The number of carbonyl (C=O) groups excluding carboxylic acids is 1. The quantitative estimate of drug-likeness (QED) is 0.785. The number of nitrogens with zero attached hydrogens (tertiary/aromatic N) is 5. The minimum absolute atomic E-state index is 0.0129. The van der Waals surface area contributed by atoms with Gasteiger partial charge in [0.1, 0.15) is 16.9 Å². The highest BCUT2D eigenvalue weighted by molar-refractivity contribution is 5.97. The van der Waals surface area contributed by atoms with Crippen molar-refractivity contribution in [3.8, 4) is 0 Å². The van der Waals surface area contributed by atoms with Crippen LogP contribution >= 0.6 is 0 Å². The van der Waals surface area contributed by atoms with Gasteiger partial charge in [-0.15, -0.1) is 0 Å². The average Bonchev–Trinajstić information content (AvgIpc) is 3.14.